The molecule has 0 unspecified atom stereocenters. The van der Waals surface area contributed by atoms with E-state index in [9.17, 15) is 0 Å². The highest BCUT2D eigenvalue weighted by Crippen LogP contribution is 2.37. The number of rotatable bonds is 8. The maximum absolute atomic E-state index is 6.28. The maximum Gasteiger partial charge on any atom is 0.161 e. The highest BCUT2D eigenvalue weighted by molar-refractivity contribution is 5.14. The fourth-order valence-corrected chi connectivity index (χ4v) is 5.11. The fourth-order valence-electron chi connectivity index (χ4n) is 5.11. The number of hydrogen-bond donors (Lipinski definition) is 0. The summed E-state index contributed by atoms with van der Waals surface area (Å²) in [6.07, 6.45) is -0.363. The van der Waals surface area contributed by atoms with Gasteiger partial charge in [0.15, 0.2) is 6.29 Å². The van der Waals surface area contributed by atoms with Gasteiger partial charge in [0.05, 0.1) is 39.1 Å². The van der Waals surface area contributed by atoms with Crippen molar-refractivity contribution in [3.63, 3.8) is 0 Å². The van der Waals surface area contributed by atoms with Crippen LogP contribution in [0.1, 0.15) is 17.5 Å². The van der Waals surface area contributed by atoms with Crippen molar-refractivity contribution in [2.24, 2.45) is 0 Å². The van der Waals surface area contributed by atoms with Gasteiger partial charge in [-0.1, -0.05) is 60.7 Å². The first kappa shape index (κ1) is 21.7. The van der Waals surface area contributed by atoms with Crippen LogP contribution in [0.4, 0.5) is 0 Å². The van der Waals surface area contributed by atoms with E-state index < -0.39 is 0 Å². The van der Waals surface area contributed by atoms with Crippen molar-refractivity contribution >= 4 is 0 Å². The van der Waals surface area contributed by atoms with Crippen LogP contribution in [0, 0.1) is 0 Å². The molecule has 4 aliphatic heterocycles. The number of benzene rings is 2. The highest BCUT2D eigenvalue weighted by atomic mass is 16.7. The molecular weight excluding hydrogens is 424 g/mol. The zero-order valence-corrected chi connectivity index (χ0v) is 18.5. The lowest BCUT2D eigenvalue weighted by molar-refractivity contribution is -0.194. The van der Waals surface area contributed by atoms with E-state index >= 15 is 0 Å². The predicted molar refractivity (Wildman–Crippen MR) is 117 cm³/mol. The third-order valence-corrected chi connectivity index (χ3v) is 6.84. The maximum atomic E-state index is 6.28. The van der Waals surface area contributed by atoms with Crippen molar-refractivity contribution in [2.75, 3.05) is 19.8 Å². The van der Waals surface area contributed by atoms with Gasteiger partial charge in [0.25, 0.3) is 0 Å². The molecule has 7 nitrogen and oxygen atoms in total. The summed E-state index contributed by atoms with van der Waals surface area (Å²) in [5, 5.41) is 0. The molecule has 0 N–H and O–H groups in total. The summed E-state index contributed by atoms with van der Waals surface area (Å²) >= 11 is 0. The van der Waals surface area contributed by atoms with Crippen molar-refractivity contribution in [1.29, 1.82) is 0 Å². The van der Waals surface area contributed by atoms with E-state index in [4.69, 9.17) is 33.2 Å². The monoisotopic (exact) mass is 454 g/mol. The van der Waals surface area contributed by atoms with Crippen LogP contribution in [-0.4, -0.2) is 68.8 Å². The van der Waals surface area contributed by atoms with Gasteiger partial charge in [-0.2, -0.15) is 0 Å². The second kappa shape index (κ2) is 9.80. The van der Waals surface area contributed by atoms with Gasteiger partial charge in [0.2, 0.25) is 0 Å². The molecule has 0 saturated carbocycles. The quantitative estimate of drug-likeness (QED) is 0.608. The van der Waals surface area contributed by atoms with Gasteiger partial charge in [-0.3, -0.25) is 0 Å². The largest absolute Gasteiger partial charge is 0.372 e. The third-order valence-electron chi connectivity index (χ3n) is 6.84. The minimum Gasteiger partial charge on any atom is -0.372 e. The molecule has 7 heteroatoms. The van der Waals surface area contributed by atoms with Crippen molar-refractivity contribution in [2.45, 2.75) is 68.7 Å². The molecule has 33 heavy (non-hydrogen) atoms. The normalized spacial score (nSPS) is 37.3. The Morgan fingerprint density at radius 1 is 0.636 bits per heavy atom. The van der Waals surface area contributed by atoms with Gasteiger partial charge in [0.1, 0.15) is 36.6 Å². The van der Waals surface area contributed by atoms with E-state index in [-0.39, 0.29) is 49.0 Å². The van der Waals surface area contributed by atoms with E-state index in [1.165, 1.54) is 0 Å². The second-order valence-electron chi connectivity index (χ2n) is 9.08. The Bertz CT molecular complexity index is 894. The lowest BCUT2D eigenvalue weighted by atomic mass is 10.1. The average molecular weight is 455 g/mol. The smallest absolute Gasteiger partial charge is 0.161 e. The van der Waals surface area contributed by atoms with E-state index in [0.29, 0.717) is 39.5 Å². The van der Waals surface area contributed by atoms with Crippen LogP contribution in [0.3, 0.4) is 0 Å². The van der Waals surface area contributed by atoms with Gasteiger partial charge in [-0.15, -0.1) is 0 Å². The van der Waals surface area contributed by atoms with Gasteiger partial charge in [0, 0.05) is 6.42 Å². The minimum atomic E-state index is -0.344. The summed E-state index contributed by atoms with van der Waals surface area (Å²) in [5.41, 5.74) is 2.28. The van der Waals surface area contributed by atoms with Crippen molar-refractivity contribution in [3.05, 3.63) is 71.8 Å². The molecular formula is C26H30O7. The SMILES string of the molecule is c1ccc(CO[C@@H]2CO[C@@H]3C[C@H](O[C@H]4CO[C@H]5[C@@H]4OC[C@H]5OCc4ccccc4)O[C@H]23)cc1. The van der Waals surface area contributed by atoms with Gasteiger partial charge >= 0.3 is 0 Å². The summed E-state index contributed by atoms with van der Waals surface area (Å²) in [5.74, 6) is 0. The molecule has 0 aliphatic carbocycles. The standard InChI is InChI=1S/C26H30O7/c1-3-7-17(8-4-1)12-27-20-14-29-19-11-23(33-24(19)20)32-22-16-31-25-21(15-30-26(22)25)28-13-18-9-5-2-6-10-18/h1-10,19-26H,11-16H2/t19-,20-,21-,22+,23-,24+,25-,26-/m1/s1. The summed E-state index contributed by atoms with van der Waals surface area (Å²) in [6.45, 7) is 2.63. The molecule has 176 valence electrons. The first-order chi connectivity index (χ1) is 16.3. The van der Waals surface area contributed by atoms with Crippen LogP contribution < -0.4 is 0 Å². The fraction of sp³-hybridized carbons (Fsp3) is 0.538. The molecule has 4 saturated heterocycles. The number of ether oxygens (including phenoxy) is 7. The Balaban J connectivity index is 0.985. The predicted octanol–water partition coefficient (Wildman–Crippen LogP) is 2.85. The lowest BCUT2D eigenvalue weighted by Gasteiger charge is -2.23. The van der Waals surface area contributed by atoms with Crippen molar-refractivity contribution in [1.82, 2.24) is 0 Å². The van der Waals surface area contributed by atoms with Crippen molar-refractivity contribution in [3.8, 4) is 0 Å². The first-order valence-electron chi connectivity index (χ1n) is 11.8. The molecule has 8 atom stereocenters. The molecule has 0 aromatic heterocycles. The van der Waals surface area contributed by atoms with E-state index in [0.717, 1.165) is 11.1 Å². The van der Waals surface area contributed by atoms with Crippen LogP contribution in [0.5, 0.6) is 0 Å². The second-order valence-corrected chi connectivity index (χ2v) is 9.08. The third kappa shape index (κ3) is 4.72. The zero-order chi connectivity index (χ0) is 22.0. The number of hydrogen-bond acceptors (Lipinski definition) is 7. The molecule has 2 aromatic carbocycles. The Morgan fingerprint density at radius 3 is 1.85 bits per heavy atom. The molecule has 6 rings (SSSR count). The summed E-state index contributed by atoms with van der Waals surface area (Å²) in [6, 6.07) is 20.3. The Labute approximate surface area is 193 Å². The first-order valence-corrected chi connectivity index (χ1v) is 11.8. The van der Waals surface area contributed by atoms with E-state index in [1.54, 1.807) is 0 Å². The molecule has 4 heterocycles. The van der Waals surface area contributed by atoms with Crippen LogP contribution >= 0.6 is 0 Å². The van der Waals surface area contributed by atoms with Crippen LogP contribution in [0.25, 0.3) is 0 Å². The molecule has 2 aromatic rings. The van der Waals surface area contributed by atoms with Crippen molar-refractivity contribution < 1.29 is 33.2 Å². The molecule has 0 radical (unpaired) electrons. The van der Waals surface area contributed by atoms with Gasteiger partial charge in [-0.25, -0.2) is 0 Å². The summed E-state index contributed by atoms with van der Waals surface area (Å²) in [7, 11) is 0. The molecule has 0 spiro atoms. The summed E-state index contributed by atoms with van der Waals surface area (Å²) in [4.78, 5) is 0. The molecule has 0 amide bonds. The zero-order valence-electron chi connectivity index (χ0n) is 18.5. The lowest BCUT2D eigenvalue weighted by Crippen LogP contribution is -2.37. The van der Waals surface area contributed by atoms with E-state index in [2.05, 4.69) is 24.3 Å². The van der Waals surface area contributed by atoms with Gasteiger partial charge < -0.3 is 33.2 Å². The summed E-state index contributed by atoms with van der Waals surface area (Å²) < 4.78 is 42.7. The van der Waals surface area contributed by atoms with Crippen LogP contribution in [0.2, 0.25) is 0 Å². The van der Waals surface area contributed by atoms with Crippen LogP contribution in [-0.2, 0) is 46.4 Å². The Kier molecular flexibility index (Phi) is 6.44. The van der Waals surface area contributed by atoms with Crippen LogP contribution in [0.15, 0.2) is 60.7 Å². The topological polar surface area (TPSA) is 64.6 Å². The van der Waals surface area contributed by atoms with Gasteiger partial charge in [-0.05, 0) is 11.1 Å². The highest BCUT2D eigenvalue weighted by Gasteiger charge is 2.52. The molecule has 4 aliphatic rings. The minimum absolute atomic E-state index is 0.000317. The molecule has 4 fully saturated rings. The Hall–Kier alpha value is -1.84. The average Bonchev–Trinajstić information content (AvgIpc) is 3.61. The molecule has 0 bridgehead atoms. The van der Waals surface area contributed by atoms with E-state index in [1.807, 2.05) is 36.4 Å². The number of fused-ring (bicyclic) bond motifs is 2. The Morgan fingerprint density at radius 2 is 1.18 bits per heavy atom.